The summed E-state index contributed by atoms with van der Waals surface area (Å²) in [7, 11) is 0. The van der Waals surface area contributed by atoms with Gasteiger partial charge in [-0.3, -0.25) is 0 Å². The Labute approximate surface area is 103 Å². The van der Waals surface area contributed by atoms with E-state index in [1.165, 1.54) is 5.57 Å². The minimum atomic E-state index is 0.193. The van der Waals surface area contributed by atoms with Gasteiger partial charge in [0.25, 0.3) is 0 Å². The van der Waals surface area contributed by atoms with Crippen molar-refractivity contribution in [3.05, 3.63) is 34.5 Å². The maximum Gasteiger partial charge on any atom is 0.0589 e. The quantitative estimate of drug-likeness (QED) is 0.835. The molecule has 3 heteroatoms. The Morgan fingerprint density at radius 1 is 1.24 bits per heavy atom. The molecule has 0 fully saturated rings. The fraction of sp³-hybridized carbons (Fsp3) is 0.429. The molecule has 0 atom stereocenters. The van der Waals surface area contributed by atoms with E-state index >= 15 is 0 Å². The van der Waals surface area contributed by atoms with E-state index in [-0.39, 0.29) is 5.41 Å². The normalized spacial score (nSPS) is 15.4. The van der Waals surface area contributed by atoms with Gasteiger partial charge in [-0.2, -0.15) is 10.2 Å². The van der Waals surface area contributed by atoms with Crippen LogP contribution in [0.3, 0.4) is 0 Å². The van der Waals surface area contributed by atoms with E-state index in [1.54, 1.807) is 18.6 Å². The van der Waals surface area contributed by atoms with E-state index in [0.29, 0.717) is 0 Å². The molecule has 0 bridgehead atoms. The third kappa shape index (κ3) is 3.70. The summed E-state index contributed by atoms with van der Waals surface area (Å²) < 4.78 is 0. The topological polar surface area (TPSA) is 51.8 Å². The van der Waals surface area contributed by atoms with E-state index in [9.17, 15) is 0 Å². The molecule has 0 radical (unpaired) electrons. The summed E-state index contributed by atoms with van der Waals surface area (Å²) in [6.45, 7) is 8.83. The Balaban J connectivity index is 3.25. The number of hydrogen-bond acceptors (Lipinski definition) is 3. The van der Waals surface area contributed by atoms with Crippen molar-refractivity contribution in [3.63, 3.8) is 0 Å². The Morgan fingerprint density at radius 2 is 1.82 bits per heavy atom. The van der Waals surface area contributed by atoms with E-state index in [4.69, 9.17) is 5.73 Å². The predicted octanol–water partition coefficient (Wildman–Crippen LogP) is 1.34. The van der Waals surface area contributed by atoms with Gasteiger partial charge in [-0.05, 0) is 11.8 Å². The van der Waals surface area contributed by atoms with Crippen molar-refractivity contribution >= 4 is 12.3 Å². The lowest BCUT2D eigenvalue weighted by Crippen LogP contribution is -2.27. The Bertz CT molecular complexity index is 507. The second kappa shape index (κ2) is 5.62. The van der Waals surface area contributed by atoms with Gasteiger partial charge in [0, 0.05) is 16.6 Å². The van der Waals surface area contributed by atoms with Gasteiger partial charge in [0.2, 0.25) is 0 Å². The first kappa shape index (κ1) is 13.4. The highest BCUT2D eigenvalue weighted by Crippen LogP contribution is 2.27. The van der Waals surface area contributed by atoms with Crippen molar-refractivity contribution in [1.82, 2.24) is 10.2 Å². The van der Waals surface area contributed by atoms with Crippen LogP contribution in [0.15, 0.2) is 24.0 Å². The van der Waals surface area contributed by atoms with Crippen molar-refractivity contribution in [2.75, 3.05) is 0 Å². The molecule has 0 aliphatic carbocycles. The molecule has 3 nitrogen and oxygen atoms in total. The molecule has 17 heavy (non-hydrogen) atoms. The molecule has 0 aliphatic rings. The standard InChI is InChI=1S/C14H21N3/c1-5-13(14(2,3)4)7-6-11-9-16-17-10-12(11)8-15/h6-10H,5,15H2,1-4H3/b11-6-,12-8-,13-7+. The number of nitrogens with two attached hydrogens (primary N) is 1. The van der Waals surface area contributed by atoms with Crippen LogP contribution in [-0.4, -0.2) is 10.2 Å². The van der Waals surface area contributed by atoms with Crippen molar-refractivity contribution in [3.8, 4) is 0 Å². The van der Waals surface area contributed by atoms with Crippen LogP contribution < -0.4 is 16.2 Å². The van der Waals surface area contributed by atoms with Crippen LogP contribution in [-0.2, 0) is 0 Å². The third-order valence-corrected chi connectivity index (χ3v) is 2.78. The number of allylic oxidation sites excluding steroid dienone is 2. The van der Waals surface area contributed by atoms with Gasteiger partial charge in [-0.25, -0.2) is 0 Å². The summed E-state index contributed by atoms with van der Waals surface area (Å²) in [6, 6.07) is 0. The van der Waals surface area contributed by atoms with E-state index in [1.807, 2.05) is 0 Å². The fourth-order valence-corrected chi connectivity index (χ4v) is 1.71. The summed E-state index contributed by atoms with van der Waals surface area (Å²) in [5.41, 5.74) is 7.13. The van der Waals surface area contributed by atoms with Crippen molar-refractivity contribution in [2.24, 2.45) is 11.1 Å². The Kier molecular flexibility index (Phi) is 4.44. The van der Waals surface area contributed by atoms with Crippen LogP contribution in [0.2, 0.25) is 0 Å². The second-order valence-electron chi connectivity index (χ2n) is 5.03. The van der Waals surface area contributed by atoms with E-state index in [0.717, 1.165) is 16.9 Å². The highest BCUT2D eigenvalue weighted by Gasteiger charge is 2.13. The fourth-order valence-electron chi connectivity index (χ4n) is 1.71. The molecule has 1 heterocycles. The highest BCUT2D eigenvalue weighted by atomic mass is 15.1. The number of aromatic nitrogens is 2. The zero-order valence-electron chi connectivity index (χ0n) is 11.1. The lowest BCUT2D eigenvalue weighted by atomic mass is 9.84. The van der Waals surface area contributed by atoms with Crippen molar-refractivity contribution in [1.29, 1.82) is 0 Å². The largest absolute Gasteiger partial charge is 0.404 e. The lowest BCUT2D eigenvalue weighted by molar-refractivity contribution is 0.489. The molecule has 0 unspecified atom stereocenters. The molecule has 0 saturated carbocycles. The molecular formula is C14H21N3. The lowest BCUT2D eigenvalue weighted by Gasteiger charge is -2.21. The number of rotatable bonds is 2. The summed E-state index contributed by atoms with van der Waals surface area (Å²) in [5, 5.41) is 9.58. The SMILES string of the molecule is CC\C(=C/C=c1/cnnc/c1=C/N)C(C)(C)C. The first-order chi connectivity index (χ1) is 7.99. The summed E-state index contributed by atoms with van der Waals surface area (Å²) >= 11 is 0. The van der Waals surface area contributed by atoms with Crippen LogP contribution in [0.4, 0.5) is 0 Å². The second-order valence-corrected chi connectivity index (χ2v) is 5.03. The molecule has 0 aliphatic heterocycles. The van der Waals surface area contributed by atoms with Crippen molar-refractivity contribution < 1.29 is 0 Å². The molecule has 1 aromatic rings. The maximum absolute atomic E-state index is 5.54. The summed E-state index contributed by atoms with van der Waals surface area (Å²) in [5.74, 6) is 0. The summed E-state index contributed by atoms with van der Waals surface area (Å²) in [6.07, 6.45) is 10.2. The Hall–Kier alpha value is -1.64. The maximum atomic E-state index is 5.54. The van der Waals surface area contributed by atoms with Gasteiger partial charge in [-0.1, -0.05) is 45.4 Å². The van der Waals surface area contributed by atoms with Gasteiger partial charge in [0.15, 0.2) is 0 Å². The smallest absolute Gasteiger partial charge is 0.0589 e. The van der Waals surface area contributed by atoms with Gasteiger partial charge in [0.05, 0.1) is 12.4 Å². The van der Waals surface area contributed by atoms with E-state index < -0.39 is 0 Å². The molecule has 92 valence electrons. The predicted molar refractivity (Wildman–Crippen MR) is 72.2 cm³/mol. The van der Waals surface area contributed by atoms with Gasteiger partial charge in [0.1, 0.15) is 0 Å². The minimum absolute atomic E-state index is 0.193. The molecule has 1 rings (SSSR count). The average Bonchev–Trinajstić information content (AvgIpc) is 2.28. The molecule has 2 N–H and O–H groups in total. The van der Waals surface area contributed by atoms with Crippen LogP contribution in [0.1, 0.15) is 34.1 Å². The van der Waals surface area contributed by atoms with Crippen LogP contribution >= 0.6 is 0 Å². The minimum Gasteiger partial charge on any atom is -0.404 e. The highest BCUT2D eigenvalue weighted by molar-refractivity contribution is 5.41. The number of nitrogens with zero attached hydrogens (tertiary/aromatic N) is 2. The Morgan fingerprint density at radius 3 is 2.29 bits per heavy atom. The van der Waals surface area contributed by atoms with Gasteiger partial charge < -0.3 is 5.73 Å². The zero-order valence-corrected chi connectivity index (χ0v) is 11.1. The van der Waals surface area contributed by atoms with Crippen molar-refractivity contribution in [2.45, 2.75) is 34.1 Å². The average molecular weight is 231 g/mol. The van der Waals surface area contributed by atoms with E-state index in [2.05, 4.69) is 50.0 Å². The van der Waals surface area contributed by atoms with Crippen LogP contribution in [0, 0.1) is 5.41 Å². The van der Waals surface area contributed by atoms with Crippen LogP contribution in [0.25, 0.3) is 12.3 Å². The zero-order chi connectivity index (χ0) is 12.9. The molecule has 0 aromatic carbocycles. The van der Waals surface area contributed by atoms with Gasteiger partial charge >= 0.3 is 0 Å². The first-order valence-electron chi connectivity index (χ1n) is 5.89. The third-order valence-electron chi connectivity index (χ3n) is 2.78. The molecular weight excluding hydrogens is 210 g/mol. The molecule has 0 amide bonds. The van der Waals surface area contributed by atoms with Gasteiger partial charge in [-0.15, -0.1) is 0 Å². The summed E-state index contributed by atoms with van der Waals surface area (Å²) in [4.78, 5) is 0. The monoisotopic (exact) mass is 231 g/mol. The first-order valence-corrected chi connectivity index (χ1v) is 5.89. The van der Waals surface area contributed by atoms with Crippen LogP contribution in [0.5, 0.6) is 0 Å². The molecule has 0 spiro atoms. The molecule has 1 aromatic heterocycles. The molecule has 0 saturated heterocycles. The number of hydrogen-bond donors (Lipinski definition) is 1.